The van der Waals surface area contributed by atoms with Crippen molar-refractivity contribution in [2.45, 2.75) is 38.4 Å². The molecule has 2 aromatic carbocycles. The number of methoxy groups -OCH3 is 1. The number of nitrogens with one attached hydrogen (secondary N) is 1. The molecule has 2 aliphatic rings. The lowest BCUT2D eigenvalue weighted by atomic mass is 9.82. The molecule has 1 atom stereocenters. The molecule has 2 aromatic rings. The van der Waals surface area contributed by atoms with Gasteiger partial charge in [-0.05, 0) is 37.1 Å². The van der Waals surface area contributed by atoms with E-state index >= 15 is 0 Å². The molecule has 0 saturated carbocycles. The molecule has 1 N–H and O–H groups in total. The zero-order valence-electron chi connectivity index (χ0n) is 16.7. The molecule has 1 amide bonds. The molecule has 0 fully saturated rings. The second kappa shape index (κ2) is 7.28. The molecule has 2 aliphatic heterocycles. The largest absolute Gasteiger partial charge is 0.493 e. The van der Waals surface area contributed by atoms with Crippen molar-refractivity contribution in [2.75, 3.05) is 7.11 Å². The van der Waals surface area contributed by atoms with Crippen molar-refractivity contribution >= 4 is 11.9 Å². The van der Waals surface area contributed by atoms with Gasteiger partial charge in [0, 0.05) is 12.3 Å². The van der Waals surface area contributed by atoms with Gasteiger partial charge in [-0.15, -0.1) is 0 Å². The molecular weight excluding hydrogens is 370 g/mol. The molecule has 0 unspecified atom stereocenters. The summed E-state index contributed by atoms with van der Waals surface area (Å²) < 4.78 is 16.9. The van der Waals surface area contributed by atoms with Crippen molar-refractivity contribution in [3.05, 3.63) is 70.9 Å². The molecule has 0 saturated heterocycles. The first kappa shape index (κ1) is 19.1. The summed E-state index contributed by atoms with van der Waals surface area (Å²) in [6.45, 7) is 3.96. The minimum atomic E-state index is -0.844. The number of carbonyl (C=O) groups excluding carboxylic acids is 2. The molecule has 6 heteroatoms. The van der Waals surface area contributed by atoms with Gasteiger partial charge in [-0.1, -0.05) is 36.4 Å². The van der Waals surface area contributed by atoms with Gasteiger partial charge < -0.3 is 19.5 Å². The van der Waals surface area contributed by atoms with E-state index in [9.17, 15) is 9.59 Å². The Morgan fingerprint density at radius 3 is 2.59 bits per heavy atom. The number of esters is 1. The summed E-state index contributed by atoms with van der Waals surface area (Å²) in [6, 6.07) is 15.4. The summed E-state index contributed by atoms with van der Waals surface area (Å²) in [4.78, 5) is 24.8. The van der Waals surface area contributed by atoms with Gasteiger partial charge in [-0.25, -0.2) is 4.79 Å². The Labute approximate surface area is 169 Å². The quantitative estimate of drug-likeness (QED) is 0.788. The van der Waals surface area contributed by atoms with Gasteiger partial charge in [0.15, 0.2) is 11.5 Å². The van der Waals surface area contributed by atoms with E-state index in [1.807, 2.05) is 48.5 Å². The number of carbonyl (C=O) groups is 2. The highest BCUT2D eigenvalue weighted by atomic mass is 16.6. The molecule has 150 valence electrons. The predicted molar refractivity (Wildman–Crippen MR) is 106 cm³/mol. The highest BCUT2D eigenvalue weighted by molar-refractivity contribution is 5.99. The van der Waals surface area contributed by atoms with Crippen LogP contribution in [0.2, 0.25) is 0 Å². The maximum atomic E-state index is 12.5. The van der Waals surface area contributed by atoms with E-state index < -0.39 is 11.6 Å². The number of amides is 1. The van der Waals surface area contributed by atoms with Crippen molar-refractivity contribution in [2.24, 2.45) is 0 Å². The number of hydrogen-bond acceptors (Lipinski definition) is 5. The third-order valence-corrected chi connectivity index (χ3v) is 5.27. The van der Waals surface area contributed by atoms with Crippen molar-refractivity contribution < 1.29 is 23.8 Å². The normalized spacial score (nSPS) is 20.0. The lowest BCUT2D eigenvalue weighted by molar-refractivity contribution is -0.144. The Morgan fingerprint density at radius 2 is 1.86 bits per heavy atom. The van der Waals surface area contributed by atoms with E-state index in [2.05, 4.69) is 5.32 Å². The maximum absolute atomic E-state index is 12.5. The molecule has 4 rings (SSSR count). The van der Waals surface area contributed by atoms with Crippen LogP contribution in [0.5, 0.6) is 11.5 Å². The molecule has 0 spiro atoms. The fourth-order valence-electron chi connectivity index (χ4n) is 3.82. The Hall–Kier alpha value is -3.28. The van der Waals surface area contributed by atoms with Gasteiger partial charge >= 0.3 is 5.97 Å². The molecule has 0 aliphatic carbocycles. The first-order valence-corrected chi connectivity index (χ1v) is 9.51. The molecule has 2 heterocycles. The SMILES string of the molecule is COc1cc([C@@H]2CC(=O)NC3=C2C(=O)OC3(C)C)ccc1OCc1ccccc1. The first-order valence-electron chi connectivity index (χ1n) is 9.51. The Kier molecular flexibility index (Phi) is 4.78. The molecule has 0 aromatic heterocycles. The highest BCUT2D eigenvalue weighted by Gasteiger charge is 2.47. The minimum absolute atomic E-state index is 0.136. The van der Waals surface area contributed by atoms with E-state index in [0.717, 1.165) is 11.1 Å². The Balaban J connectivity index is 1.64. The number of ether oxygens (including phenoxy) is 3. The molecule has 29 heavy (non-hydrogen) atoms. The van der Waals surface area contributed by atoms with Crippen LogP contribution in [0.15, 0.2) is 59.8 Å². The number of hydrogen-bond donors (Lipinski definition) is 1. The monoisotopic (exact) mass is 393 g/mol. The van der Waals surface area contributed by atoms with Crippen LogP contribution in [0.1, 0.15) is 37.3 Å². The standard InChI is InChI=1S/C23H23NO5/c1-23(2)21-20(22(26)29-23)16(12-19(25)24-21)15-9-10-17(18(11-15)27-3)28-13-14-7-5-4-6-8-14/h4-11,16H,12-13H2,1-3H3,(H,24,25)/t16-/m0/s1. The summed E-state index contributed by atoms with van der Waals surface area (Å²) in [6.07, 6.45) is 0.178. The van der Waals surface area contributed by atoms with Crippen LogP contribution in [0.3, 0.4) is 0 Å². The molecular formula is C23H23NO5. The zero-order valence-corrected chi connectivity index (χ0v) is 16.7. The van der Waals surface area contributed by atoms with Gasteiger partial charge in [0.1, 0.15) is 12.2 Å². The third-order valence-electron chi connectivity index (χ3n) is 5.27. The third kappa shape index (κ3) is 3.58. The highest BCUT2D eigenvalue weighted by Crippen LogP contribution is 2.44. The summed E-state index contributed by atoms with van der Waals surface area (Å²) in [5, 5.41) is 2.82. The molecule has 0 bridgehead atoms. The lowest BCUT2D eigenvalue weighted by Gasteiger charge is -2.27. The van der Waals surface area contributed by atoms with E-state index in [-0.39, 0.29) is 18.2 Å². The van der Waals surface area contributed by atoms with Gasteiger partial charge in [0.05, 0.1) is 18.4 Å². The fraction of sp³-hybridized carbons (Fsp3) is 0.304. The van der Waals surface area contributed by atoms with Crippen LogP contribution >= 0.6 is 0 Å². The number of benzene rings is 2. The Morgan fingerprint density at radius 1 is 1.10 bits per heavy atom. The average Bonchev–Trinajstić information content (AvgIpc) is 2.94. The van der Waals surface area contributed by atoms with Crippen LogP contribution in [-0.2, 0) is 20.9 Å². The smallest absolute Gasteiger partial charge is 0.337 e. The predicted octanol–water partition coefficient (Wildman–Crippen LogP) is 3.47. The van der Waals surface area contributed by atoms with Crippen LogP contribution < -0.4 is 14.8 Å². The van der Waals surface area contributed by atoms with Crippen LogP contribution in [-0.4, -0.2) is 24.6 Å². The second-order valence-corrected chi connectivity index (χ2v) is 7.68. The van der Waals surface area contributed by atoms with E-state index in [1.165, 1.54) is 0 Å². The zero-order chi connectivity index (χ0) is 20.6. The minimum Gasteiger partial charge on any atom is -0.493 e. The van der Waals surface area contributed by atoms with Gasteiger partial charge in [0.25, 0.3) is 0 Å². The summed E-state index contributed by atoms with van der Waals surface area (Å²) in [5.74, 6) is 0.244. The maximum Gasteiger partial charge on any atom is 0.337 e. The van der Waals surface area contributed by atoms with Crippen LogP contribution in [0, 0.1) is 0 Å². The number of cyclic esters (lactones) is 1. The Bertz CT molecular complexity index is 994. The summed E-state index contributed by atoms with van der Waals surface area (Å²) in [5.41, 5.74) is 2.07. The summed E-state index contributed by atoms with van der Waals surface area (Å²) in [7, 11) is 1.57. The van der Waals surface area contributed by atoms with Crippen LogP contribution in [0.4, 0.5) is 0 Å². The average molecular weight is 393 g/mol. The second-order valence-electron chi connectivity index (χ2n) is 7.68. The van der Waals surface area contributed by atoms with E-state index in [4.69, 9.17) is 14.2 Å². The van der Waals surface area contributed by atoms with E-state index in [1.54, 1.807) is 21.0 Å². The van der Waals surface area contributed by atoms with E-state index in [0.29, 0.717) is 29.4 Å². The van der Waals surface area contributed by atoms with Crippen molar-refractivity contribution in [3.8, 4) is 11.5 Å². The number of rotatable bonds is 5. The van der Waals surface area contributed by atoms with Crippen molar-refractivity contribution in [3.63, 3.8) is 0 Å². The van der Waals surface area contributed by atoms with Gasteiger partial charge in [-0.2, -0.15) is 0 Å². The molecule has 0 radical (unpaired) electrons. The molecule has 6 nitrogen and oxygen atoms in total. The van der Waals surface area contributed by atoms with Gasteiger partial charge in [0.2, 0.25) is 5.91 Å². The lowest BCUT2D eigenvalue weighted by Crippen LogP contribution is -2.38. The topological polar surface area (TPSA) is 73.9 Å². The van der Waals surface area contributed by atoms with Crippen LogP contribution in [0.25, 0.3) is 0 Å². The summed E-state index contributed by atoms with van der Waals surface area (Å²) >= 11 is 0. The first-order chi connectivity index (χ1) is 13.9. The van der Waals surface area contributed by atoms with Crippen molar-refractivity contribution in [1.82, 2.24) is 5.32 Å². The fourth-order valence-corrected chi connectivity index (χ4v) is 3.82. The van der Waals surface area contributed by atoms with Gasteiger partial charge in [-0.3, -0.25) is 4.79 Å². The van der Waals surface area contributed by atoms with Crippen molar-refractivity contribution in [1.29, 1.82) is 0 Å².